The number of halogens is 1. The minimum absolute atomic E-state index is 0.0130. The molecule has 0 saturated heterocycles. The minimum Gasteiger partial charge on any atom is -0.494 e. The largest absolute Gasteiger partial charge is 0.494 e. The lowest BCUT2D eigenvalue weighted by molar-refractivity contribution is 0.166. The van der Waals surface area contributed by atoms with Crippen LogP contribution in [0, 0.1) is 5.92 Å². The van der Waals surface area contributed by atoms with E-state index in [1.54, 1.807) is 24.3 Å². The Bertz CT molecular complexity index is 472. The summed E-state index contributed by atoms with van der Waals surface area (Å²) in [6.07, 6.45) is 1.42. The number of hydrogen-bond acceptors (Lipinski definition) is 4. The molecule has 1 aromatic rings. The average Bonchev–Trinajstić information content (AvgIpc) is 2.46. The van der Waals surface area contributed by atoms with Crippen molar-refractivity contribution in [3.05, 3.63) is 24.3 Å². The summed E-state index contributed by atoms with van der Waals surface area (Å²) in [6, 6.07) is 7.04. The van der Waals surface area contributed by atoms with Crippen molar-refractivity contribution >= 4 is 28.6 Å². The lowest BCUT2D eigenvalue weighted by Crippen LogP contribution is -2.12. The lowest BCUT2D eigenvalue weighted by atomic mass is 10.2. The smallest absolute Gasteiger partial charge is 0.437 e. The predicted molar refractivity (Wildman–Crippen MR) is 85.1 cm³/mol. The molecule has 0 bridgehead atoms. The first kappa shape index (κ1) is 17.3. The van der Waals surface area contributed by atoms with E-state index < -0.39 is 6.09 Å². The Balaban J connectivity index is 2.44. The van der Waals surface area contributed by atoms with E-state index in [0.717, 1.165) is 18.6 Å². The highest BCUT2D eigenvalue weighted by molar-refractivity contribution is 6.65. The van der Waals surface area contributed by atoms with E-state index in [1.165, 1.54) is 0 Å². The zero-order valence-electron chi connectivity index (χ0n) is 12.6. The number of anilines is 1. The number of oxime groups is 1. The molecule has 6 heteroatoms. The topological polar surface area (TPSA) is 59.9 Å². The van der Waals surface area contributed by atoms with Crippen LogP contribution >= 0.6 is 11.6 Å². The summed E-state index contributed by atoms with van der Waals surface area (Å²) < 4.78 is 5.53. The molecule has 0 radical (unpaired) electrons. The summed E-state index contributed by atoms with van der Waals surface area (Å²) in [5.41, 5.74) is 0.596. The number of hydrogen-bond donors (Lipinski definition) is 1. The molecule has 0 fully saturated rings. The number of nitrogens with one attached hydrogen (secondary N) is 1. The van der Waals surface area contributed by atoms with E-state index in [1.807, 2.05) is 13.8 Å². The highest BCUT2D eigenvalue weighted by Crippen LogP contribution is 2.16. The maximum absolute atomic E-state index is 11.5. The van der Waals surface area contributed by atoms with Gasteiger partial charge in [0.1, 0.15) is 10.9 Å². The van der Waals surface area contributed by atoms with Gasteiger partial charge in [-0.1, -0.05) is 43.9 Å². The third-order valence-corrected chi connectivity index (χ3v) is 3.06. The Morgan fingerprint density at radius 3 is 2.57 bits per heavy atom. The fourth-order valence-corrected chi connectivity index (χ4v) is 1.33. The number of amides is 1. The van der Waals surface area contributed by atoms with Gasteiger partial charge in [-0.25, -0.2) is 4.79 Å². The molecule has 1 N–H and O–H groups in total. The van der Waals surface area contributed by atoms with Crippen molar-refractivity contribution in [3.63, 3.8) is 0 Å². The first-order valence-electron chi connectivity index (χ1n) is 6.97. The minimum atomic E-state index is -0.687. The molecule has 21 heavy (non-hydrogen) atoms. The second kappa shape index (κ2) is 9.23. The van der Waals surface area contributed by atoms with Gasteiger partial charge in [0.25, 0.3) is 0 Å². The van der Waals surface area contributed by atoms with Crippen LogP contribution in [0.1, 0.15) is 33.6 Å². The van der Waals surface area contributed by atoms with Gasteiger partial charge in [0.15, 0.2) is 0 Å². The molecule has 1 amide bonds. The van der Waals surface area contributed by atoms with Crippen molar-refractivity contribution in [2.24, 2.45) is 11.1 Å². The number of carbonyl (C=O) groups excluding carboxylic acids is 1. The van der Waals surface area contributed by atoms with Gasteiger partial charge in [0.05, 0.1) is 6.61 Å². The van der Waals surface area contributed by atoms with Gasteiger partial charge in [-0.3, -0.25) is 10.2 Å². The quantitative estimate of drug-likeness (QED) is 0.346. The van der Waals surface area contributed by atoms with E-state index >= 15 is 0 Å². The van der Waals surface area contributed by atoms with Gasteiger partial charge < -0.3 is 4.74 Å². The summed E-state index contributed by atoms with van der Waals surface area (Å²) in [5.74, 6) is 0.780. The van der Waals surface area contributed by atoms with Gasteiger partial charge in [-0.05, 0) is 30.7 Å². The number of nitrogens with zero attached hydrogens (tertiary/aromatic N) is 1. The third kappa shape index (κ3) is 6.99. The number of carbonyl (C=O) groups is 1. The third-order valence-electron chi connectivity index (χ3n) is 2.56. The van der Waals surface area contributed by atoms with Crippen molar-refractivity contribution in [1.82, 2.24) is 0 Å². The van der Waals surface area contributed by atoms with Crippen molar-refractivity contribution in [2.45, 2.75) is 33.6 Å². The molecule has 0 aromatic heterocycles. The van der Waals surface area contributed by atoms with E-state index in [9.17, 15) is 4.79 Å². The standard InChI is InChI=1S/C15H21ClN2O3/c1-4-5-10-20-13-8-6-12(7-9-13)17-15(19)21-18-14(16)11(2)3/h6-9,11H,4-5,10H2,1-3H3,(H,17,19)/b18-14-. The summed E-state index contributed by atoms with van der Waals surface area (Å²) >= 11 is 5.77. The molecule has 116 valence electrons. The van der Waals surface area contributed by atoms with Gasteiger partial charge in [0.2, 0.25) is 0 Å². The van der Waals surface area contributed by atoms with Crippen LogP contribution in [-0.2, 0) is 4.84 Å². The molecule has 0 aliphatic heterocycles. The first-order valence-corrected chi connectivity index (χ1v) is 7.35. The van der Waals surface area contributed by atoms with E-state index in [0.29, 0.717) is 12.3 Å². The normalized spacial score (nSPS) is 11.4. The highest BCUT2D eigenvalue weighted by Gasteiger charge is 2.06. The average molecular weight is 313 g/mol. The predicted octanol–water partition coefficient (Wildman–Crippen LogP) is 4.62. The molecule has 1 rings (SSSR count). The SMILES string of the molecule is CCCCOc1ccc(NC(=O)O/N=C(\Cl)C(C)C)cc1. The van der Waals surface area contributed by atoms with Crippen molar-refractivity contribution < 1.29 is 14.4 Å². The lowest BCUT2D eigenvalue weighted by Gasteiger charge is -2.07. The molecule has 5 nitrogen and oxygen atoms in total. The van der Waals surface area contributed by atoms with Crippen molar-refractivity contribution in [2.75, 3.05) is 11.9 Å². The van der Waals surface area contributed by atoms with Crippen LogP contribution in [0.25, 0.3) is 0 Å². The van der Waals surface area contributed by atoms with Crippen molar-refractivity contribution in [3.8, 4) is 5.75 Å². The van der Waals surface area contributed by atoms with Gasteiger partial charge in [-0.2, -0.15) is 0 Å². The Morgan fingerprint density at radius 1 is 1.33 bits per heavy atom. The number of unbranched alkanes of at least 4 members (excludes halogenated alkanes) is 1. The van der Waals surface area contributed by atoms with E-state index in [-0.39, 0.29) is 11.1 Å². The molecule has 0 atom stereocenters. The van der Waals surface area contributed by atoms with Crippen LogP contribution in [0.2, 0.25) is 0 Å². The molecule has 0 spiro atoms. The first-order chi connectivity index (χ1) is 10.0. The summed E-state index contributed by atoms with van der Waals surface area (Å²) in [5, 5.41) is 6.32. The van der Waals surface area contributed by atoms with Crippen LogP contribution < -0.4 is 10.1 Å². The molecule has 0 unspecified atom stereocenters. The zero-order chi connectivity index (χ0) is 15.7. The summed E-state index contributed by atoms with van der Waals surface area (Å²) in [6.45, 7) is 6.50. The molecule has 0 saturated carbocycles. The Kier molecular flexibility index (Phi) is 7.61. The van der Waals surface area contributed by atoms with Crippen LogP contribution in [0.4, 0.5) is 10.5 Å². The van der Waals surface area contributed by atoms with Crippen LogP contribution in [-0.4, -0.2) is 17.9 Å². The fraction of sp³-hybridized carbons (Fsp3) is 0.467. The van der Waals surface area contributed by atoms with Crippen LogP contribution in [0.3, 0.4) is 0 Å². The van der Waals surface area contributed by atoms with Crippen LogP contribution in [0.15, 0.2) is 29.4 Å². The Morgan fingerprint density at radius 2 is 2.00 bits per heavy atom. The second-order valence-corrected chi connectivity index (χ2v) is 5.19. The fourth-order valence-electron chi connectivity index (χ4n) is 1.30. The number of ether oxygens (including phenoxy) is 1. The number of benzene rings is 1. The van der Waals surface area contributed by atoms with E-state index in [4.69, 9.17) is 16.3 Å². The molecular weight excluding hydrogens is 292 g/mol. The van der Waals surface area contributed by atoms with Gasteiger partial charge in [0, 0.05) is 11.6 Å². The maximum atomic E-state index is 11.5. The number of rotatable bonds is 7. The summed E-state index contributed by atoms with van der Waals surface area (Å²) in [7, 11) is 0. The van der Waals surface area contributed by atoms with Gasteiger partial charge in [-0.15, -0.1) is 0 Å². The molecule has 0 aliphatic rings. The van der Waals surface area contributed by atoms with Crippen LogP contribution in [0.5, 0.6) is 5.75 Å². The maximum Gasteiger partial charge on any atom is 0.437 e. The molecular formula is C15H21ClN2O3. The monoisotopic (exact) mass is 312 g/mol. The molecule has 0 aliphatic carbocycles. The zero-order valence-corrected chi connectivity index (χ0v) is 13.3. The second-order valence-electron chi connectivity index (χ2n) is 4.80. The van der Waals surface area contributed by atoms with Crippen molar-refractivity contribution in [1.29, 1.82) is 0 Å². The van der Waals surface area contributed by atoms with E-state index in [2.05, 4.69) is 22.2 Å². The Hall–Kier alpha value is -1.75. The van der Waals surface area contributed by atoms with Gasteiger partial charge >= 0.3 is 6.09 Å². The molecule has 0 heterocycles. The summed E-state index contributed by atoms with van der Waals surface area (Å²) in [4.78, 5) is 16.2. The molecule has 1 aromatic carbocycles. The highest BCUT2D eigenvalue weighted by atomic mass is 35.5. The Labute approximate surface area is 130 Å².